The molecule has 3 unspecified atom stereocenters. The van der Waals surface area contributed by atoms with E-state index < -0.39 is 0 Å². The van der Waals surface area contributed by atoms with Gasteiger partial charge in [-0.05, 0) is 90.4 Å². The predicted molar refractivity (Wildman–Crippen MR) is 135 cm³/mol. The number of aliphatic hydroxyl groups excluding tert-OH is 1. The van der Waals surface area contributed by atoms with Crippen molar-refractivity contribution < 1.29 is 5.11 Å². The van der Waals surface area contributed by atoms with Gasteiger partial charge in [0.1, 0.15) is 0 Å². The van der Waals surface area contributed by atoms with E-state index in [-0.39, 0.29) is 5.92 Å². The topological polar surface area (TPSA) is 20.2 Å². The molecule has 1 aliphatic carbocycles. The van der Waals surface area contributed by atoms with Gasteiger partial charge in [-0.1, -0.05) is 80.4 Å². The van der Waals surface area contributed by atoms with Crippen molar-refractivity contribution in [2.24, 2.45) is 17.8 Å². The van der Waals surface area contributed by atoms with Gasteiger partial charge in [-0.25, -0.2) is 0 Å². The summed E-state index contributed by atoms with van der Waals surface area (Å²) in [5.74, 6) is 2.05. The zero-order valence-corrected chi connectivity index (χ0v) is 20.8. The van der Waals surface area contributed by atoms with Gasteiger partial charge >= 0.3 is 0 Å². The number of hydrogen-bond acceptors (Lipinski definition) is 1. The second-order valence-corrected chi connectivity index (χ2v) is 10.0. The van der Waals surface area contributed by atoms with Crippen molar-refractivity contribution in [2.75, 3.05) is 0 Å². The van der Waals surface area contributed by atoms with Crippen molar-refractivity contribution in [3.63, 3.8) is 0 Å². The molecule has 0 bridgehead atoms. The van der Waals surface area contributed by atoms with Crippen molar-refractivity contribution in [3.05, 3.63) is 58.9 Å². The van der Waals surface area contributed by atoms with Crippen LogP contribution in [0, 0.1) is 17.8 Å². The summed E-state index contributed by atoms with van der Waals surface area (Å²) in [5.41, 5.74) is 6.14. The average molecular weight is 413 g/mol. The highest BCUT2D eigenvalue weighted by Crippen LogP contribution is 2.27. The minimum Gasteiger partial charge on any atom is -0.513 e. The fourth-order valence-corrected chi connectivity index (χ4v) is 4.04. The van der Waals surface area contributed by atoms with E-state index in [0.29, 0.717) is 11.7 Å². The maximum absolute atomic E-state index is 9.38. The summed E-state index contributed by atoms with van der Waals surface area (Å²) in [7, 11) is 0. The van der Waals surface area contributed by atoms with Crippen LogP contribution in [0.1, 0.15) is 106 Å². The maximum Gasteiger partial charge on any atom is 0.0879 e. The number of aliphatic hydroxyl groups is 1. The fourth-order valence-electron chi connectivity index (χ4n) is 4.04. The van der Waals surface area contributed by atoms with E-state index in [4.69, 9.17) is 0 Å². The quantitative estimate of drug-likeness (QED) is 0.222. The molecule has 0 saturated carbocycles. The van der Waals surface area contributed by atoms with E-state index in [1.807, 2.05) is 6.92 Å². The third kappa shape index (κ3) is 11.6. The maximum atomic E-state index is 9.38. The number of rotatable bonds is 14. The highest BCUT2D eigenvalue weighted by molar-refractivity contribution is 5.26. The molecule has 1 rings (SSSR count). The van der Waals surface area contributed by atoms with Gasteiger partial charge in [0.15, 0.2) is 0 Å². The van der Waals surface area contributed by atoms with Gasteiger partial charge < -0.3 is 5.11 Å². The smallest absolute Gasteiger partial charge is 0.0879 e. The Bertz CT molecular complexity index is 643. The molecular formula is C29H48O. The Morgan fingerprint density at radius 1 is 1.07 bits per heavy atom. The standard InChI is InChI=1S/C29H48O/c1-22(11-8-12-23(2)15-10-16-26(5)28(7)30)13-9-14-24(3)17-19-29-20-18-25(4)27(6)21-29/h12,17-18,20,22,26-27,30H,7-11,13-16,19,21H2,1-6H3/b23-12+,24-17-. The predicted octanol–water partition coefficient (Wildman–Crippen LogP) is 9.65. The lowest BCUT2D eigenvalue weighted by Gasteiger charge is -2.18. The lowest BCUT2D eigenvalue weighted by molar-refractivity contribution is 0.330. The third-order valence-electron chi connectivity index (χ3n) is 6.84. The van der Waals surface area contributed by atoms with Gasteiger partial charge in [0, 0.05) is 5.92 Å². The normalized spacial score (nSPS) is 19.9. The van der Waals surface area contributed by atoms with E-state index in [1.165, 1.54) is 49.7 Å². The molecule has 0 radical (unpaired) electrons. The van der Waals surface area contributed by atoms with E-state index in [1.54, 1.807) is 11.1 Å². The Balaban J connectivity index is 2.17. The average Bonchev–Trinajstić information content (AvgIpc) is 2.68. The Kier molecular flexibility index (Phi) is 12.8. The fraction of sp³-hybridized carbons (Fsp3) is 0.655. The second-order valence-electron chi connectivity index (χ2n) is 10.0. The zero-order chi connectivity index (χ0) is 22.5. The molecule has 1 nitrogen and oxygen atoms in total. The first-order valence-electron chi connectivity index (χ1n) is 12.2. The van der Waals surface area contributed by atoms with Gasteiger partial charge in [0.05, 0.1) is 5.76 Å². The minimum absolute atomic E-state index is 0.222. The molecule has 0 spiro atoms. The van der Waals surface area contributed by atoms with Crippen molar-refractivity contribution in [3.8, 4) is 0 Å². The molecule has 1 aliphatic rings. The molecule has 3 atom stereocenters. The minimum atomic E-state index is 0.222. The lowest BCUT2D eigenvalue weighted by atomic mass is 9.88. The molecule has 1 heteroatoms. The van der Waals surface area contributed by atoms with Crippen LogP contribution in [0.2, 0.25) is 0 Å². The molecule has 0 aromatic rings. The summed E-state index contributed by atoms with van der Waals surface area (Å²) in [6.45, 7) is 17.2. The van der Waals surface area contributed by atoms with E-state index in [2.05, 4.69) is 65.5 Å². The molecule has 0 fully saturated rings. The first-order valence-corrected chi connectivity index (χ1v) is 12.2. The molecule has 0 aliphatic heterocycles. The van der Waals surface area contributed by atoms with Crippen LogP contribution in [0.3, 0.4) is 0 Å². The molecule has 0 aromatic carbocycles. The van der Waals surface area contributed by atoms with Gasteiger partial charge in [0.25, 0.3) is 0 Å². The van der Waals surface area contributed by atoms with Crippen molar-refractivity contribution >= 4 is 0 Å². The van der Waals surface area contributed by atoms with Crippen LogP contribution >= 0.6 is 0 Å². The number of allylic oxidation sites excluding steroid dienone is 9. The van der Waals surface area contributed by atoms with E-state index in [9.17, 15) is 5.11 Å². The molecule has 170 valence electrons. The largest absolute Gasteiger partial charge is 0.513 e. The summed E-state index contributed by atoms with van der Waals surface area (Å²) in [4.78, 5) is 0. The van der Waals surface area contributed by atoms with Crippen LogP contribution in [-0.2, 0) is 0 Å². The first kappa shape index (κ1) is 26.5. The Morgan fingerprint density at radius 2 is 1.70 bits per heavy atom. The van der Waals surface area contributed by atoms with Crippen LogP contribution in [0.4, 0.5) is 0 Å². The Morgan fingerprint density at radius 3 is 2.33 bits per heavy atom. The molecule has 0 aromatic heterocycles. The summed E-state index contributed by atoms with van der Waals surface area (Å²) in [6, 6.07) is 0. The molecule has 0 heterocycles. The second kappa shape index (κ2) is 14.5. The van der Waals surface area contributed by atoms with Crippen LogP contribution in [0.15, 0.2) is 58.9 Å². The monoisotopic (exact) mass is 412 g/mol. The van der Waals surface area contributed by atoms with Crippen LogP contribution in [-0.4, -0.2) is 5.11 Å². The van der Waals surface area contributed by atoms with Crippen molar-refractivity contribution in [2.45, 2.75) is 106 Å². The highest BCUT2D eigenvalue weighted by Gasteiger charge is 2.10. The zero-order valence-electron chi connectivity index (χ0n) is 20.8. The molecule has 0 amide bonds. The van der Waals surface area contributed by atoms with Gasteiger partial charge in [-0.15, -0.1) is 0 Å². The first-order chi connectivity index (χ1) is 14.2. The summed E-state index contributed by atoms with van der Waals surface area (Å²) >= 11 is 0. The Labute approximate surface area is 187 Å². The van der Waals surface area contributed by atoms with Crippen molar-refractivity contribution in [1.82, 2.24) is 0 Å². The summed E-state index contributed by atoms with van der Waals surface area (Å²) < 4.78 is 0. The van der Waals surface area contributed by atoms with Gasteiger partial charge in [-0.3, -0.25) is 0 Å². The summed E-state index contributed by atoms with van der Waals surface area (Å²) in [6.07, 6.45) is 21.5. The SMILES string of the molecule is C=C(O)C(C)CCC/C(C)=C/CCC(C)CCC/C(C)=C\CC1=CC=C(C)C(C)C1. The van der Waals surface area contributed by atoms with E-state index >= 15 is 0 Å². The third-order valence-corrected chi connectivity index (χ3v) is 6.84. The highest BCUT2D eigenvalue weighted by atomic mass is 16.3. The molecule has 0 saturated heterocycles. The lowest BCUT2D eigenvalue weighted by Crippen LogP contribution is -2.02. The van der Waals surface area contributed by atoms with Gasteiger partial charge in [0.2, 0.25) is 0 Å². The van der Waals surface area contributed by atoms with E-state index in [0.717, 1.165) is 31.6 Å². The molecule has 1 N–H and O–H groups in total. The van der Waals surface area contributed by atoms with Gasteiger partial charge in [-0.2, -0.15) is 0 Å². The van der Waals surface area contributed by atoms with Crippen LogP contribution in [0.25, 0.3) is 0 Å². The van der Waals surface area contributed by atoms with Crippen LogP contribution < -0.4 is 0 Å². The number of hydrogen-bond donors (Lipinski definition) is 1. The Hall–Kier alpha value is -1.50. The molecule has 30 heavy (non-hydrogen) atoms. The summed E-state index contributed by atoms with van der Waals surface area (Å²) in [5, 5.41) is 9.38. The van der Waals surface area contributed by atoms with Crippen molar-refractivity contribution in [1.29, 1.82) is 0 Å². The van der Waals surface area contributed by atoms with Crippen LogP contribution in [0.5, 0.6) is 0 Å². The molecular weight excluding hydrogens is 364 g/mol.